The molecule has 0 radical (unpaired) electrons. The lowest BCUT2D eigenvalue weighted by Gasteiger charge is -2.33. The Bertz CT molecular complexity index is 1300. The van der Waals surface area contributed by atoms with E-state index in [4.69, 9.17) is 4.42 Å². The average molecular weight is 510 g/mol. The number of fused-ring (bicyclic) bond motifs is 1. The van der Waals surface area contributed by atoms with Crippen LogP contribution in [-0.2, 0) is 22.4 Å². The summed E-state index contributed by atoms with van der Waals surface area (Å²) >= 11 is 2.65. The van der Waals surface area contributed by atoms with Crippen molar-refractivity contribution in [1.29, 1.82) is 5.26 Å². The number of amides is 2. The number of hydrogen-bond donors (Lipinski definition) is 2. The largest absolute Gasteiger partial charge is 0.411 e. The number of thiophene rings is 1. The Balaban J connectivity index is 1.39. The summed E-state index contributed by atoms with van der Waals surface area (Å²) in [6.07, 6.45) is 2.87. The zero-order valence-electron chi connectivity index (χ0n) is 20.1. The molecular formula is C25H27N5O3S2. The van der Waals surface area contributed by atoms with Crippen LogP contribution in [0.25, 0.3) is 11.5 Å². The summed E-state index contributed by atoms with van der Waals surface area (Å²) in [7, 11) is 0. The van der Waals surface area contributed by atoms with Gasteiger partial charge in [-0.05, 0) is 54.4 Å². The SMILES string of the molecule is CC(=O)Nc1cccc(-c2nnc(SCC(=O)Nc3sc4c(c3C#N)CC[C@H](C(C)(C)C)C4)o2)c1. The van der Waals surface area contributed by atoms with Gasteiger partial charge in [0.25, 0.3) is 5.22 Å². The molecule has 0 unspecified atom stereocenters. The molecule has 2 N–H and O–H groups in total. The second kappa shape index (κ2) is 10.2. The van der Waals surface area contributed by atoms with Crippen LogP contribution >= 0.6 is 23.1 Å². The number of thioether (sulfide) groups is 1. The fraction of sp³-hybridized carbons (Fsp3) is 0.400. The van der Waals surface area contributed by atoms with Crippen molar-refractivity contribution in [2.45, 2.75) is 52.2 Å². The zero-order chi connectivity index (χ0) is 25.2. The molecule has 0 saturated carbocycles. The second-order valence-electron chi connectivity index (χ2n) is 9.60. The van der Waals surface area contributed by atoms with Gasteiger partial charge in [0.05, 0.1) is 11.3 Å². The van der Waals surface area contributed by atoms with E-state index >= 15 is 0 Å². The van der Waals surface area contributed by atoms with Crippen LogP contribution in [-0.4, -0.2) is 27.8 Å². The van der Waals surface area contributed by atoms with E-state index in [0.29, 0.717) is 33.6 Å². The first-order chi connectivity index (χ1) is 16.6. The summed E-state index contributed by atoms with van der Waals surface area (Å²) in [5, 5.41) is 24.3. The third kappa shape index (κ3) is 5.92. The number of benzene rings is 1. The molecule has 182 valence electrons. The summed E-state index contributed by atoms with van der Waals surface area (Å²) in [6, 6.07) is 9.38. The maximum Gasteiger partial charge on any atom is 0.277 e. The third-order valence-corrected chi connectivity index (χ3v) is 8.01. The third-order valence-electron chi connectivity index (χ3n) is 6.02. The highest BCUT2D eigenvalue weighted by molar-refractivity contribution is 7.99. The molecule has 1 atom stereocenters. The topological polar surface area (TPSA) is 121 Å². The Labute approximate surface area is 212 Å². The minimum absolute atomic E-state index is 0.0750. The number of nitriles is 1. The van der Waals surface area contributed by atoms with E-state index < -0.39 is 0 Å². The van der Waals surface area contributed by atoms with Crippen LogP contribution in [0.2, 0.25) is 0 Å². The van der Waals surface area contributed by atoms with Crippen LogP contribution in [0.4, 0.5) is 10.7 Å². The minimum atomic E-state index is -0.232. The van der Waals surface area contributed by atoms with Crippen molar-refractivity contribution in [2.75, 3.05) is 16.4 Å². The van der Waals surface area contributed by atoms with Crippen molar-refractivity contribution in [1.82, 2.24) is 10.2 Å². The molecular weight excluding hydrogens is 482 g/mol. The molecule has 2 amide bonds. The molecule has 35 heavy (non-hydrogen) atoms. The molecule has 8 nitrogen and oxygen atoms in total. The normalized spacial score (nSPS) is 15.2. The number of aromatic nitrogens is 2. The summed E-state index contributed by atoms with van der Waals surface area (Å²) < 4.78 is 5.68. The molecule has 1 aromatic carbocycles. The van der Waals surface area contributed by atoms with Gasteiger partial charge in [-0.2, -0.15) is 5.26 Å². The number of nitrogens with one attached hydrogen (secondary N) is 2. The number of nitrogens with zero attached hydrogens (tertiary/aromatic N) is 3. The molecule has 0 spiro atoms. The van der Waals surface area contributed by atoms with Crippen molar-refractivity contribution < 1.29 is 14.0 Å². The monoisotopic (exact) mass is 509 g/mol. The quantitative estimate of drug-likeness (QED) is 0.420. The van der Waals surface area contributed by atoms with Crippen LogP contribution in [0.5, 0.6) is 0 Å². The Morgan fingerprint density at radius 1 is 1.29 bits per heavy atom. The van der Waals surface area contributed by atoms with E-state index in [9.17, 15) is 14.9 Å². The van der Waals surface area contributed by atoms with E-state index in [1.165, 1.54) is 23.1 Å². The average Bonchev–Trinajstić information content (AvgIpc) is 3.40. The van der Waals surface area contributed by atoms with Gasteiger partial charge in [-0.25, -0.2) is 0 Å². The van der Waals surface area contributed by atoms with Crippen molar-refractivity contribution in [3.8, 4) is 17.5 Å². The van der Waals surface area contributed by atoms with E-state index in [2.05, 4.69) is 47.7 Å². The summed E-state index contributed by atoms with van der Waals surface area (Å²) in [5.41, 5.74) is 3.18. The molecule has 1 aliphatic rings. The highest BCUT2D eigenvalue weighted by Gasteiger charge is 2.32. The van der Waals surface area contributed by atoms with Gasteiger partial charge < -0.3 is 15.1 Å². The number of hydrogen-bond acceptors (Lipinski definition) is 8. The van der Waals surface area contributed by atoms with E-state index in [1.54, 1.807) is 24.3 Å². The van der Waals surface area contributed by atoms with Gasteiger partial charge in [0, 0.05) is 23.1 Å². The van der Waals surface area contributed by atoms with Gasteiger partial charge in [0.1, 0.15) is 11.1 Å². The maximum atomic E-state index is 12.6. The van der Waals surface area contributed by atoms with Gasteiger partial charge in [-0.3, -0.25) is 9.59 Å². The van der Waals surface area contributed by atoms with Gasteiger partial charge in [0.15, 0.2) is 0 Å². The first-order valence-electron chi connectivity index (χ1n) is 11.3. The lowest BCUT2D eigenvalue weighted by atomic mass is 9.72. The van der Waals surface area contributed by atoms with Crippen molar-refractivity contribution in [3.63, 3.8) is 0 Å². The van der Waals surface area contributed by atoms with E-state index in [1.807, 2.05) is 0 Å². The predicted octanol–water partition coefficient (Wildman–Crippen LogP) is 5.51. The molecule has 0 saturated heterocycles. The minimum Gasteiger partial charge on any atom is -0.411 e. The highest BCUT2D eigenvalue weighted by Crippen LogP contribution is 2.44. The molecule has 3 aromatic rings. The van der Waals surface area contributed by atoms with Crippen LogP contribution in [0, 0.1) is 22.7 Å². The van der Waals surface area contributed by atoms with Crippen LogP contribution in [0.15, 0.2) is 33.9 Å². The van der Waals surface area contributed by atoms with Crippen LogP contribution in [0.3, 0.4) is 0 Å². The first-order valence-corrected chi connectivity index (χ1v) is 13.1. The molecule has 0 bridgehead atoms. The Morgan fingerprint density at radius 2 is 2.09 bits per heavy atom. The summed E-state index contributed by atoms with van der Waals surface area (Å²) in [4.78, 5) is 25.1. The zero-order valence-corrected chi connectivity index (χ0v) is 21.7. The fourth-order valence-electron chi connectivity index (χ4n) is 4.14. The van der Waals surface area contributed by atoms with Crippen molar-refractivity contribution in [2.24, 2.45) is 11.3 Å². The Morgan fingerprint density at radius 3 is 2.80 bits per heavy atom. The maximum absolute atomic E-state index is 12.6. The number of rotatable bonds is 6. The Hall–Kier alpha value is -3.16. The van der Waals surface area contributed by atoms with E-state index in [-0.39, 0.29) is 28.2 Å². The number of anilines is 2. The molecule has 2 heterocycles. The second-order valence-corrected chi connectivity index (χ2v) is 11.6. The lowest BCUT2D eigenvalue weighted by Crippen LogP contribution is -2.26. The van der Waals surface area contributed by atoms with Crippen LogP contribution < -0.4 is 10.6 Å². The fourth-order valence-corrected chi connectivity index (χ4v) is 6.00. The highest BCUT2D eigenvalue weighted by atomic mass is 32.2. The van der Waals surface area contributed by atoms with Crippen molar-refractivity contribution >= 4 is 45.6 Å². The first kappa shape index (κ1) is 24.9. The Kier molecular flexibility index (Phi) is 7.28. The van der Waals surface area contributed by atoms with E-state index in [0.717, 1.165) is 36.6 Å². The van der Waals surface area contributed by atoms with Gasteiger partial charge in [0.2, 0.25) is 17.7 Å². The number of carbonyl (C=O) groups is 2. The predicted molar refractivity (Wildman–Crippen MR) is 137 cm³/mol. The standard InChI is InChI=1S/C25H27N5O3S2/c1-14(31)27-17-7-5-6-15(10-17)22-29-30-24(33-22)34-13-21(32)28-23-19(12-26)18-9-8-16(25(2,3)4)11-20(18)35-23/h5-7,10,16H,8-9,11,13H2,1-4H3,(H,27,31)(H,28,32)/t16-/m0/s1. The van der Waals surface area contributed by atoms with Gasteiger partial charge in [-0.15, -0.1) is 21.5 Å². The lowest BCUT2D eigenvalue weighted by molar-refractivity contribution is -0.114. The summed E-state index contributed by atoms with van der Waals surface area (Å²) in [6.45, 7) is 8.20. The summed E-state index contributed by atoms with van der Waals surface area (Å²) in [5.74, 6) is 0.530. The van der Waals surface area contributed by atoms with Crippen molar-refractivity contribution in [3.05, 3.63) is 40.3 Å². The molecule has 0 aliphatic heterocycles. The van der Waals surface area contributed by atoms with Gasteiger partial charge in [-0.1, -0.05) is 38.6 Å². The van der Waals surface area contributed by atoms with Crippen LogP contribution in [0.1, 0.15) is 50.1 Å². The molecule has 1 aliphatic carbocycles. The van der Waals surface area contributed by atoms with Gasteiger partial charge >= 0.3 is 0 Å². The molecule has 10 heteroatoms. The molecule has 4 rings (SSSR count). The smallest absolute Gasteiger partial charge is 0.277 e. The number of carbonyl (C=O) groups excluding carboxylic acids is 2. The molecule has 0 fully saturated rings. The molecule has 2 aromatic heterocycles.